The molecule has 2 unspecified atom stereocenters. The molecule has 1 rings (SSSR count). The van der Waals surface area contributed by atoms with E-state index in [1.807, 2.05) is 20.9 Å². The lowest BCUT2D eigenvalue weighted by Gasteiger charge is -2.28. The average molecular weight is 301 g/mol. The van der Waals surface area contributed by atoms with Gasteiger partial charge in [0.1, 0.15) is 5.54 Å². The lowest BCUT2D eigenvalue weighted by atomic mass is 9.92. The molecule has 1 saturated heterocycles. The summed E-state index contributed by atoms with van der Waals surface area (Å²) < 4.78 is 23.0. The number of nitriles is 1. The molecule has 0 bridgehead atoms. The summed E-state index contributed by atoms with van der Waals surface area (Å²) in [6.45, 7) is 5.67. The Labute approximate surface area is 123 Å². The van der Waals surface area contributed by atoms with Gasteiger partial charge in [0.25, 0.3) is 0 Å². The van der Waals surface area contributed by atoms with Gasteiger partial charge in [-0.25, -0.2) is 8.42 Å². The smallest absolute Gasteiger partial charge is 0.151 e. The molecule has 0 saturated carbocycles. The number of rotatable bonds is 8. The van der Waals surface area contributed by atoms with E-state index in [-0.39, 0.29) is 11.8 Å². The van der Waals surface area contributed by atoms with Crippen molar-refractivity contribution >= 4 is 9.84 Å². The number of hydrogen-bond donors (Lipinski definition) is 1. The fraction of sp³-hybridized carbons (Fsp3) is 0.929. The van der Waals surface area contributed by atoms with Crippen LogP contribution in [-0.2, 0) is 9.84 Å². The minimum absolute atomic E-state index is 0.150. The molecule has 116 valence electrons. The molecule has 0 aromatic heterocycles. The van der Waals surface area contributed by atoms with Gasteiger partial charge in [-0.1, -0.05) is 13.8 Å². The molecule has 1 aliphatic rings. The van der Waals surface area contributed by atoms with E-state index < -0.39 is 15.4 Å². The van der Waals surface area contributed by atoms with Crippen LogP contribution in [0.4, 0.5) is 0 Å². The van der Waals surface area contributed by atoms with Crippen LogP contribution in [0.25, 0.3) is 0 Å². The number of sulfone groups is 1. The van der Waals surface area contributed by atoms with Crippen molar-refractivity contribution in [3.05, 3.63) is 0 Å². The normalized spacial score (nSPS) is 24.4. The zero-order valence-electron chi connectivity index (χ0n) is 12.9. The fourth-order valence-electron chi connectivity index (χ4n) is 2.84. The third-order valence-electron chi connectivity index (χ3n) is 4.28. The Balaban J connectivity index is 2.42. The molecular weight excluding hydrogens is 274 g/mol. The van der Waals surface area contributed by atoms with Crippen molar-refractivity contribution in [3.8, 4) is 6.07 Å². The molecule has 0 aromatic carbocycles. The van der Waals surface area contributed by atoms with E-state index in [1.165, 1.54) is 0 Å². The van der Waals surface area contributed by atoms with Crippen LogP contribution in [0.5, 0.6) is 0 Å². The largest absolute Gasteiger partial charge is 0.302 e. The second-order valence-electron chi connectivity index (χ2n) is 5.72. The van der Waals surface area contributed by atoms with Crippen molar-refractivity contribution in [2.24, 2.45) is 0 Å². The van der Waals surface area contributed by atoms with Crippen LogP contribution in [0, 0.1) is 11.3 Å². The van der Waals surface area contributed by atoms with Gasteiger partial charge >= 0.3 is 0 Å². The molecule has 0 spiro atoms. The maximum Gasteiger partial charge on any atom is 0.151 e. The van der Waals surface area contributed by atoms with Gasteiger partial charge in [0.15, 0.2) is 9.84 Å². The first-order valence-electron chi connectivity index (χ1n) is 7.45. The van der Waals surface area contributed by atoms with Gasteiger partial charge in [0.2, 0.25) is 0 Å². The number of nitrogens with zero attached hydrogens (tertiary/aromatic N) is 2. The van der Waals surface area contributed by atoms with Crippen molar-refractivity contribution in [2.75, 3.05) is 31.6 Å². The van der Waals surface area contributed by atoms with Gasteiger partial charge in [0, 0.05) is 6.04 Å². The van der Waals surface area contributed by atoms with Gasteiger partial charge in [-0.3, -0.25) is 5.32 Å². The van der Waals surface area contributed by atoms with Crippen molar-refractivity contribution in [2.45, 2.75) is 51.1 Å². The van der Waals surface area contributed by atoms with Crippen LogP contribution in [-0.4, -0.2) is 56.5 Å². The number of nitrogens with one attached hydrogen (secondary N) is 1. The minimum atomic E-state index is -2.82. The van der Waals surface area contributed by atoms with Crippen molar-refractivity contribution in [1.82, 2.24) is 10.2 Å². The van der Waals surface area contributed by atoms with E-state index in [0.717, 1.165) is 38.8 Å². The van der Waals surface area contributed by atoms with Crippen LogP contribution in [0.1, 0.15) is 39.5 Å². The average Bonchev–Trinajstić information content (AvgIpc) is 2.78. The molecule has 0 aliphatic carbocycles. The third-order valence-corrected chi connectivity index (χ3v) is 6.03. The second kappa shape index (κ2) is 7.39. The first-order chi connectivity index (χ1) is 9.38. The van der Waals surface area contributed by atoms with Crippen LogP contribution >= 0.6 is 0 Å². The quantitative estimate of drug-likeness (QED) is 0.728. The SMILES string of the molecule is CCNC(C#N)(CC)CCCN(C)C1CCS(=O)(=O)C1. The van der Waals surface area contributed by atoms with Gasteiger partial charge in [0.05, 0.1) is 17.6 Å². The first-order valence-corrected chi connectivity index (χ1v) is 9.27. The standard InChI is InChI=1S/C14H27N3O2S/c1-4-14(12-15,16-5-2)8-6-9-17(3)13-7-10-20(18,19)11-13/h13,16H,4-11H2,1-3H3. The lowest BCUT2D eigenvalue weighted by Crippen LogP contribution is -2.44. The van der Waals surface area contributed by atoms with Gasteiger partial charge in [-0.05, 0) is 45.8 Å². The minimum Gasteiger partial charge on any atom is -0.302 e. The predicted molar refractivity (Wildman–Crippen MR) is 81.2 cm³/mol. The highest BCUT2D eigenvalue weighted by Crippen LogP contribution is 2.20. The van der Waals surface area contributed by atoms with Crippen molar-refractivity contribution < 1.29 is 8.42 Å². The highest BCUT2D eigenvalue weighted by atomic mass is 32.2. The van der Waals surface area contributed by atoms with E-state index in [4.69, 9.17) is 0 Å². The van der Waals surface area contributed by atoms with E-state index in [1.54, 1.807) is 0 Å². The van der Waals surface area contributed by atoms with Gasteiger partial charge in [-0.2, -0.15) is 5.26 Å². The molecule has 1 heterocycles. The van der Waals surface area contributed by atoms with Crippen molar-refractivity contribution in [3.63, 3.8) is 0 Å². The Morgan fingerprint density at radius 1 is 1.45 bits per heavy atom. The molecule has 1 aliphatic heterocycles. The molecule has 0 amide bonds. The highest BCUT2D eigenvalue weighted by Gasteiger charge is 2.31. The summed E-state index contributed by atoms with van der Waals surface area (Å²) in [7, 11) is -0.833. The summed E-state index contributed by atoms with van der Waals surface area (Å²) in [5.74, 6) is 0.602. The summed E-state index contributed by atoms with van der Waals surface area (Å²) in [5, 5.41) is 12.6. The van der Waals surface area contributed by atoms with E-state index in [2.05, 4.69) is 16.3 Å². The van der Waals surface area contributed by atoms with Crippen molar-refractivity contribution in [1.29, 1.82) is 5.26 Å². The maximum atomic E-state index is 11.5. The van der Waals surface area contributed by atoms with Gasteiger partial charge in [-0.15, -0.1) is 0 Å². The maximum absolute atomic E-state index is 11.5. The molecule has 0 radical (unpaired) electrons. The topological polar surface area (TPSA) is 73.2 Å². The van der Waals surface area contributed by atoms with Gasteiger partial charge < -0.3 is 4.90 Å². The Morgan fingerprint density at radius 3 is 2.60 bits per heavy atom. The molecule has 1 fully saturated rings. The van der Waals surface area contributed by atoms with Crippen LogP contribution in [0.2, 0.25) is 0 Å². The molecule has 5 nitrogen and oxygen atoms in total. The highest BCUT2D eigenvalue weighted by molar-refractivity contribution is 7.91. The summed E-state index contributed by atoms with van der Waals surface area (Å²) >= 11 is 0. The van der Waals surface area contributed by atoms with Crippen LogP contribution in [0.15, 0.2) is 0 Å². The van der Waals surface area contributed by atoms with Crippen LogP contribution < -0.4 is 5.32 Å². The summed E-state index contributed by atoms with van der Waals surface area (Å²) in [4.78, 5) is 2.13. The summed E-state index contributed by atoms with van der Waals surface area (Å²) in [5.41, 5.74) is -0.433. The molecule has 1 N–H and O–H groups in total. The fourth-order valence-corrected chi connectivity index (χ4v) is 4.64. The molecule has 0 aromatic rings. The van der Waals surface area contributed by atoms with E-state index >= 15 is 0 Å². The third kappa shape index (κ3) is 4.72. The summed E-state index contributed by atoms with van der Waals surface area (Å²) in [6.07, 6.45) is 3.24. The summed E-state index contributed by atoms with van der Waals surface area (Å²) in [6, 6.07) is 2.55. The Kier molecular flexibility index (Phi) is 6.44. The zero-order valence-corrected chi connectivity index (χ0v) is 13.7. The Hall–Kier alpha value is -0.640. The lowest BCUT2D eigenvalue weighted by molar-refractivity contribution is 0.244. The second-order valence-corrected chi connectivity index (χ2v) is 7.95. The predicted octanol–water partition coefficient (Wildman–Crippen LogP) is 1.17. The Morgan fingerprint density at radius 2 is 2.15 bits per heavy atom. The molecular formula is C14H27N3O2S. The monoisotopic (exact) mass is 301 g/mol. The van der Waals surface area contributed by atoms with E-state index in [0.29, 0.717) is 5.75 Å². The first kappa shape index (κ1) is 17.4. The van der Waals surface area contributed by atoms with E-state index in [9.17, 15) is 13.7 Å². The Bertz CT molecular complexity index is 444. The van der Waals surface area contributed by atoms with Crippen LogP contribution in [0.3, 0.4) is 0 Å². The molecule has 6 heteroatoms. The number of hydrogen-bond acceptors (Lipinski definition) is 5. The molecule has 20 heavy (non-hydrogen) atoms. The zero-order chi connectivity index (χ0) is 15.2. The molecule has 2 atom stereocenters.